The van der Waals surface area contributed by atoms with Gasteiger partial charge in [0.15, 0.2) is 11.5 Å². The molecule has 4 atom stereocenters. The van der Waals surface area contributed by atoms with Gasteiger partial charge in [-0.15, -0.1) is 0 Å². The van der Waals surface area contributed by atoms with Crippen molar-refractivity contribution in [3.8, 4) is 11.5 Å². The number of rotatable bonds is 13. The third-order valence-electron chi connectivity index (χ3n) is 10.4. The number of fused-ring (bicyclic) bond motifs is 2. The lowest BCUT2D eigenvalue weighted by Gasteiger charge is -2.40. The molecule has 3 aromatic carbocycles. The first kappa shape index (κ1) is 37.3. The number of aryl methyl sites for hydroxylation is 1. The number of nitrogens with one attached hydrogen (secondary N) is 2. The number of methoxy groups -OCH3 is 1. The van der Waals surface area contributed by atoms with Crippen molar-refractivity contribution in [1.29, 1.82) is 0 Å². The molecule has 278 valence electrons. The summed E-state index contributed by atoms with van der Waals surface area (Å²) in [5, 5.41) is 6.67. The van der Waals surface area contributed by atoms with Crippen LogP contribution >= 0.6 is 0 Å². The van der Waals surface area contributed by atoms with E-state index in [2.05, 4.69) is 15.6 Å². The van der Waals surface area contributed by atoms with Crippen LogP contribution in [0.2, 0.25) is 0 Å². The van der Waals surface area contributed by atoms with Crippen LogP contribution in [0.25, 0.3) is 10.9 Å². The Bertz CT molecular complexity index is 1930. The maximum Gasteiger partial charge on any atom is 0.254 e. The second kappa shape index (κ2) is 16.9. The minimum absolute atomic E-state index is 0.0648. The van der Waals surface area contributed by atoms with Crippen molar-refractivity contribution in [1.82, 2.24) is 25.4 Å². The normalized spacial score (nSPS) is 18.7. The van der Waals surface area contributed by atoms with Gasteiger partial charge >= 0.3 is 0 Å². The summed E-state index contributed by atoms with van der Waals surface area (Å²) in [5.41, 5.74) is 3.29. The second-order valence-corrected chi connectivity index (χ2v) is 14.3. The van der Waals surface area contributed by atoms with Crippen LogP contribution in [-0.4, -0.2) is 90.9 Å². The number of piperidine rings is 1. The van der Waals surface area contributed by atoms with Crippen molar-refractivity contribution >= 4 is 34.5 Å². The highest BCUT2D eigenvalue weighted by Crippen LogP contribution is 2.38. The topological polar surface area (TPSA) is 130 Å². The summed E-state index contributed by atoms with van der Waals surface area (Å²) in [4.78, 5) is 63.3. The SMILES string of the molecule is CNC(=O)[C@H](CCCc1ccccc1)NC(=O)C1CN(C(=O)Cc2ccnc3ccccc23)CC2CN(C(=O)c3ccc(OC(C)C)c(OC)c3)CC21. The Kier molecular flexibility index (Phi) is 11.9. The Morgan fingerprint density at radius 3 is 2.40 bits per heavy atom. The van der Waals surface area contributed by atoms with Crippen molar-refractivity contribution in [2.75, 3.05) is 40.3 Å². The Hall–Kier alpha value is -5.45. The standard InChI is InChI=1S/C42H49N5O6/c1-27(2)53-37-18-17-30(21-38(37)52-4)42(51)47-24-31-23-46(39(48)22-29-19-20-44-35-15-9-8-14-32(29)35)26-34(33(31)25-47)40(49)45-36(41(50)43-3)16-10-13-28-11-6-5-7-12-28/h5-9,11-12,14-15,17-21,27,31,33-34,36H,10,13,16,22-26H2,1-4H3,(H,43,50)(H,45,49)/t31?,33?,34?,36-/m0/s1. The zero-order chi connectivity index (χ0) is 37.5. The molecular formula is C42H49N5O6. The fourth-order valence-corrected chi connectivity index (χ4v) is 7.72. The van der Waals surface area contributed by atoms with Gasteiger partial charge in [0.05, 0.1) is 31.1 Å². The van der Waals surface area contributed by atoms with E-state index in [9.17, 15) is 19.2 Å². The monoisotopic (exact) mass is 719 g/mol. The number of carbonyl (C=O) groups is 4. The van der Waals surface area contributed by atoms with Gasteiger partial charge in [0.2, 0.25) is 17.7 Å². The van der Waals surface area contributed by atoms with Crippen LogP contribution in [0.1, 0.15) is 48.2 Å². The Morgan fingerprint density at radius 2 is 1.64 bits per heavy atom. The maximum atomic E-state index is 14.3. The second-order valence-electron chi connectivity index (χ2n) is 14.3. The van der Waals surface area contributed by atoms with E-state index in [0.29, 0.717) is 49.5 Å². The van der Waals surface area contributed by atoms with Crippen molar-refractivity contribution in [3.05, 3.63) is 102 Å². The number of likely N-dealkylation sites (N-methyl/N-ethyl adjacent to an activating group) is 1. The zero-order valence-corrected chi connectivity index (χ0v) is 30.9. The molecule has 0 aliphatic carbocycles. The van der Waals surface area contributed by atoms with Crippen molar-refractivity contribution in [2.45, 2.75) is 51.7 Å². The van der Waals surface area contributed by atoms with Gasteiger partial charge in [-0.2, -0.15) is 0 Å². The molecule has 6 rings (SSSR count). The van der Waals surface area contributed by atoms with Crippen molar-refractivity contribution in [3.63, 3.8) is 0 Å². The highest BCUT2D eigenvalue weighted by atomic mass is 16.5. The van der Waals surface area contributed by atoms with Crippen LogP contribution in [0.4, 0.5) is 0 Å². The highest BCUT2D eigenvalue weighted by Gasteiger charge is 2.48. The summed E-state index contributed by atoms with van der Waals surface area (Å²) in [7, 11) is 3.11. The smallest absolute Gasteiger partial charge is 0.254 e. The number of amides is 4. The maximum absolute atomic E-state index is 14.3. The zero-order valence-electron chi connectivity index (χ0n) is 30.9. The van der Waals surface area contributed by atoms with Crippen molar-refractivity contribution < 1.29 is 28.7 Å². The molecule has 0 radical (unpaired) electrons. The molecule has 3 unspecified atom stereocenters. The first-order chi connectivity index (χ1) is 25.6. The summed E-state index contributed by atoms with van der Waals surface area (Å²) >= 11 is 0. The van der Waals surface area contributed by atoms with Crippen LogP contribution in [0.15, 0.2) is 85.1 Å². The Morgan fingerprint density at radius 1 is 0.887 bits per heavy atom. The van der Waals surface area contributed by atoms with Crippen LogP contribution in [0, 0.1) is 17.8 Å². The van der Waals surface area contributed by atoms with Crippen molar-refractivity contribution in [2.24, 2.45) is 17.8 Å². The first-order valence-corrected chi connectivity index (χ1v) is 18.4. The van der Waals surface area contributed by atoms with E-state index in [1.165, 1.54) is 0 Å². The van der Waals surface area contributed by atoms with E-state index in [1.807, 2.05) is 74.5 Å². The number of para-hydroxylation sites is 1. The van der Waals surface area contributed by atoms with Gasteiger partial charge in [-0.1, -0.05) is 48.5 Å². The number of nitrogens with zero attached hydrogens (tertiary/aromatic N) is 3. The number of aromatic nitrogens is 1. The quantitative estimate of drug-likeness (QED) is 0.206. The predicted octanol–water partition coefficient (Wildman–Crippen LogP) is 4.67. The molecule has 2 aliphatic heterocycles. The molecule has 4 aromatic rings. The van der Waals surface area contributed by atoms with E-state index in [4.69, 9.17) is 9.47 Å². The van der Waals surface area contributed by atoms with E-state index >= 15 is 0 Å². The van der Waals surface area contributed by atoms with Crippen LogP contribution < -0.4 is 20.1 Å². The fourth-order valence-electron chi connectivity index (χ4n) is 7.72. The van der Waals surface area contributed by atoms with Gasteiger partial charge in [-0.25, -0.2) is 0 Å². The molecule has 3 heterocycles. The Labute approximate surface area is 311 Å². The summed E-state index contributed by atoms with van der Waals surface area (Å²) in [5.74, 6) is -0.778. The molecular weight excluding hydrogens is 670 g/mol. The molecule has 2 saturated heterocycles. The van der Waals surface area contributed by atoms with Gasteiger partial charge in [0.1, 0.15) is 6.04 Å². The number of hydrogen-bond acceptors (Lipinski definition) is 7. The molecule has 2 aliphatic rings. The molecule has 1 aromatic heterocycles. The molecule has 11 heteroatoms. The van der Waals surface area contributed by atoms with Gasteiger partial charge < -0.3 is 29.9 Å². The largest absolute Gasteiger partial charge is 0.493 e. The number of hydrogen-bond donors (Lipinski definition) is 2. The first-order valence-electron chi connectivity index (χ1n) is 18.4. The summed E-state index contributed by atoms with van der Waals surface area (Å²) < 4.78 is 11.4. The van der Waals surface area contributed by atoms with Gasteiger partial charge in [0.25, 0.3) is 5.91 Å². The fraction of sp³-hybridized carbons (Fsp3) is 0.405. The predicted molar refractivity (Wildman–Crippen MR) is 203 cm³/mol. The van der Waals surface area contributed by atoms with Crippen LogP contribution in [0.3, 0.4) is 0 Å². The third-order valence-corrected chi connectivity index (χ3v) is 10.4. The average molecular weight is 720 g/mol. The van der Waals surface area contributed by atoms with Gasteiger partial charge in [-0.05, 0) is 86.4 Å². The lowest BCUT2D eigenvalue weighted by molar-refractivity contribution is -0.140. The molecule has 4 amide bonds. The van der Waals surface area contributed by atoms with E-state index in [-0.39, 0.29) is 54.5 Å². The lowest BCUT2D eigenvalue weighted by atomic mass is 9.79. The summed E-state index contributed by atoms with van der Waals surface area (Å²) in [6, 6.07) is 24.0. The molecule has 0 bridgehead atoms. The van der Waals surface area contributed by atoms with E-state index in [1.54, 1.807) is 48.4 Å². The molecule has 2 fully saturated rings. The highest BCUT2D eigenvalue weighted by molar-refractivity contribution is 5.95. The van der Waals surface area contributed by atoms with Crippen LogP contribution in [0.5, 0.6) is 11.5 Å². The number of benzene rings is 3. The average Bonchev–Trinajstić information content (AvgIpc) is 3.61. The molecule has 11 nitrogen and oxygen atoms in total. The number of likely N-dealkylation sites (tertiary alicyclic amines) is 2. The Balaban J connectivity index is 1.23. The minimum Gasteiger partial charge on any atom is -0.493 e. The molecule has 2 N–H and O–H groups in total. The number of pyridine rings is 1. The summed E-state index contributed by atoms with van der Waals surface area (Å²) in [6.45, 7) is 5.19. The van der Waals surface area contributed by atoms with Gasteiger partial charge in [-0.3, -0.25) is 24.2 Å². The van der Waals surface area contributed by atoms with Gasteiger partial charge in [0, 0.05) is 50.4 Å². The summed E-state index contributed by atoms with van der Waals surface area (Å²) in [6.07, 6.45) is 3.74. The number of ether oxygens (including phenoxy) is 2. The van der Waals surface area contributed by atoms with E-state index < -0.39 is 12.0 Å². The van der Waals surface area contributed by atoms with Crippen LogP contribution in [-0.2, 0) is 27.2 Å². The lowest BCUT2D eigenvalue weighted by Crippen LogP contribution is -2.56. The van der Waals surface area contributed by atoms with E-state index in [0.717, 1.165) is 28.5 Å². The minimum atomic E-state index is -0.734. The number of carbonyl (C=O) groups excluding carboxylic acids is 4. The molecule has 0 saturated carbocycles. The molecule has 53 heavy (non-hydrogen) atoms. The molecule has 0 spiro atoms. The third kappa shape index (κ3) is 8.79.